The van der Waals surface area contributed by atoms with E-state index < -0.39 is 0 Å². The molecule has 0 fully saturated rings. The Morgan fingerprint density at radius 2 is 1.57 bits per heavy atom. The summed E-state index contributed by atoms with van der Waals surface area (Å²) in [5.41, 5.74) is 7.44. The van der Waals surface area contributed by atoms with Crippen LogP contribution in [0.5, 0.6) is 17.2 Å². The monoisotopic (exact) mass is 512 g/mol. The van der Waals surface area contributed by atoms with Crippen molar-refractivity contribution in [3.8, 4) is 34.2 Å². The number of hydrogen-bond donors (Lipinski definition) is 1. The number of aromatic nitrogens is 4. The van der Waals surface area contributed by atoms with Gasteiger partial charge in [-0.25, -0.2) is 9.67 Å². The third kappa shape index (κ3) is 6.11. The molecule has 0 aliphatic heterocycles. The fraction of sp³-hybridized carbons (Fsp3) is 0.111. The summed E-state index contributed by atoms with van der Waals surface area (Å²) >= 11 is 1.49. The molecular formula is C27H24N6O3S. The largest absolute Gasteiger partial charge is 0.497 e. The van der Waals surface area contributed by atoms with Crippen LogP contribution < -0.4 is 19.6 Å². The van der Waals surface area contributed by atoms with Gasteiger partial charge < -0.3 is 14.2 Å². The number of nitrogens with zero attached hydrogens (tertiary/aromatic N) is 5. The number of benzene rings is 3. The van der Waals surface area contributed by atoms with Crippen LogP contribution in [-0.2, 0) is 6.61 Å². The van der Waals surface area contributed by atoms with Crippen molar-refractivity contribution in [2.45, 2.75) is 6.61 Å². The second-order valence-electron chi connectivity index (χ2n) is 7.85. The van der Waals surface area contributed by atoms with Crippen LogP contribution in [-0.4, -0.2) is 40.4 Å². The molecule has 10 heteroatoms. The Morgan fingerprint density at radius 1 is 0.892 bits per heavy atom. The Hall–Kier alpha value is -4.70. The molecule has 2 heterocycles. The van der Waals surface area contributed by atoms with Crippen LogP contribution in [0, 0.1) is 0 Å². The first-order valence-electron chi connectivity index (χ1n) is 11.4. The van der Waals surface area contributed by atoms with Gasteiger partial charge in [-0.3, -0.25) is 5.43 Å². The van der Waals surface area contributed by atoms with E-state index in [9.17, 15) is 0 Å². The van der Waals surface area contributed by atoms with E-state index in [0.717, 1.165) is 45.5 Å². The predicted molar refractivity (Wildman–Crippen MR) is 144 cm³/mol. The standard InChI is InChI=1S/C27H24N6O3S/c1-34-23-11-5-20(6-12-23)26-18-37-27(29-26)31-28-15-19-3-9-25(10-4-19)36-17-21-16-33(32-30-21)22-7-13-24(35-2)14-8-22/h3-16,18H,17H2,1-2H3,(H,29,31)/b28-15+. The van der Waals surface area contributed by atoms with Crippen molar-refractivity contribution in [2.24, 2.45) is 5.10 Å². The van der Waals surface area contributed by atoms with Crippen LogP contribution in [0.3, 0.4) is 0 Å². The zero-order valence-electron chi connectivity index (χ0n) is 20.2. The van der Waals surface area contributed by atoms with Gasteiger partial charge in [-0.15, -0.1) is 16.4 Å². The maximum atomic E-state index is 5.85. The second kappa shape index (κ2) is 11.4. The summed E-state index contributed by atoms with van der Waals surface area (Å²) in [7, 11) is 3.29. The summed E-state index contributed by atoms with van der Waals surface area (Å²) in [4.78, 5) is 4.58. The maximum absolute atomic E-state index is 5.85. The van der Waals surface area contributed by atoms with Gasteiger partial charge in [-0.2, -0.15) is 5.10 Å². The maximum Gasteiger partial charge on any atom is 0.203 e. The first-order valence-corrected chi connectivity index (χ1v) is 12.3. The van der Waals surface area contributed by atoms with E-state index in [1.807, 2.05) is 84.4 Å². The summed E-state index contributed by atoms with van der Waals surface area (Å²) in [6.45, 7) is 0.311. The number of hydrogen-bond acceptors (Lipinski definition) is 9. The van der Waals surface area contributed by atoms with Crippen LogP contribution in [0.2, 0.25) is 0 Å². The second-order valence-corrected chi connectivity index (χ2v) is 8.70. The van der Waals surface area contributed by atoms with E-state index in [4.69, 9.17) is 14.2 Å². The van der Waals surface area contributed by atoms with Crippen molar-refractivity contribution >= 4 is 22.7 Å². The van der Waals surface area contributed by atoms with Gasteiger partial charge in [0.2, 0.25) is 5.13 Å². The van der Waals surface area contributed by atoms with Crippen LogP contribution >= 0.6 is 11.3 Å². The number of ether oxygens (including phenoxy) is 3. The first kappa shape index (κ1) is 24.0. The minimum absolute atomic E-state index is 0.311. The van der Waals surface area contributed by atoms with Gasteiger partial charge in [0.05, 0.1) is 38.0 Å². The van der Waals surface area contributed by atoms with E-state index in [2.05, 4.69) is 25.8 Å². The molecule has 0 atom stereocenters. The third-order valence-corrected chi connectivity index (χ3v) is 6.16. The lowest BCUT2D eigenvalue weighted by molar-refractivity contribution is 0.301. The minimum Gasteiger partial charge on any atom is -0.497 e. The van der Waals surface area contributed by atoms with Gasteiger partial charge in [0.1, 0.15) is 29.5 Å². The highest BCUT2D eigenvalue weighted by Gasteiger charge is 2.06. The molecule has 5 rings (SSSR count). The Balaban J connectivity index is 1.12. The Morgan fingerprint density at radius 3 is 2.27 bits per heavy atom. The van der Waals surface area contributed by atoms with Crippen molar-refractivity contribution < 1.29 is 14.2 Å². The van der Waals surface area contributed by atoms with Gasteiger partial charge in [0.25, 0.3) is 0 Å². The fourth-order valence-corrected chi connectivity index (χ4v) is 4.08. The summed E-state index contributed by atoms with van der Waals surface area (Å²) in [5.74, 6) is 2.34. The SMILES string of the molecule is COc1ccc(-c2csc(N/N=C/c3ccc(OCc4cn(-c5ccc(OC)cc5)nn4)cc3)n2)cc1. The topological polar surface area (TPSA) is 95.7 Å². The molecule has 186 valence electrons. The van der Waals surface area contributed by atoms with E-state index >= 15 is 0 Å². The molecule has 0 spiro atoms. The number of anilines is 1. The van der Waals surface area contributed by atoms with E-state index in [1.54, 1.807) is 25.1 Å². The highest BCUT2D eigenvalue weighted by Crippen LogP contribution is 2.26. The third-order valence-electron chi connectivity index (χ3n) is 5.41. The quantitative estimate of drug-likeness (QED) is 0.197. The molecule has 0 amide bonds. The molecule has 3 aromatic carbocycles. The lowest BCUT2D eigenvalue weighted by Gasteiger charge is -2.04. The smallest absolute Gasteiger partial charge is 0.203 e. The molecule has 2 aromatic heterocycles. The average molecular weight is 513 g/mol. The van der Waals surface area contributed by atoms with E-state index in [0.29, 0.717) is 11.7 Å². The van der Waals surface area contributed by atoms with E-state index in [1.165, 1.54) is 11.3 Å². The van der Waals surface area contributed by atoms with Crippen LogP contribution in [0.1, 0.15) is 11.3 Å². The lowest BCUT2D eigenvalue weighted by Crippen LogP contribution is -1.96. The number of hydrazone groups is 1. The minimum atomic E-state index is 0.311. The molecule has 9 nitrogen and oxygen atoms in total. The molecular weight excluding hydrogens is 488 g/mol. The molecule has 0 aliphatic rings. The summed E-state index contributed by atoms with van der Waals surface area (Å²) in [6, 6.07) is 23.0. The number of nitrogens with one attached hydrogen (secondary N) is 1. The van der Waals surface area contributed by atoms with Crippen LogP contribution in [0.15, 0.2) is 89.5 Å². The molecule has 0 unspecified atom stereocenters. The van der Waals surface area contributed by atoms with Crippen LogP contribution in [0.4, 0.5) is 5.13 Å². The Kier molecular flexibility index (Phi) is 7.37. The molecule has 5 aromatic rings. The normalized spacial score (nSPS) is 11.0. The van der Waals surface area contributed by atoms with Gasteiger partial charge >= 0.3 is 0 Å². The first-order chi connectivity index (χ1) is 18.2. The molecule has 0 bridgehead atoms. The predicted octanol–water partition coefficient (Wildman–Crippen LogP) is 5.43. The zero-order valence-corrected chi connectivity index (χ0v) is 21.1. The van der Waals surface area contributed by atoms with E-state index in [-0.39, 0.29) is 0 Å². The van der Waals surface area contributed by atoms with Crippen molar-refractivity contribution in [3.05, 3.63) is 95.6 Å². The summed E-state index contributed by atoms with van der Waals surface area (Å²) in [5, 5.41) is 15.3. The number of rotatable bonds is 10. The molecule has 37 heavy (non-hydrogen) atoms. The molecule has 1 N–H and O–H groups in total. The lowest BCUT2D eigenvalue weighted by atomic mass is 10.2. The highest BCUT2D eigenvalue weighted by atomic mass is 32.1. The van der Waals surface area contributed by atoms with Gasteiger partial charge in [0.15, 0.2) is 0 Å². The average Bonchev–Trinajstić information content (AvgIpc) is 3.63. The van der Waals surface area contributed by atoms with Crippen molar-refractivity contribution in [1.29, 1.82) is 0 Å². The summed E-state index contributed by atoms with van der Waals surface area (Å²) < 4.78 is 17.9. The molecule has 0 saturated heterocycles. The highest BCUT2D eigenvalue weighted by molar-refractivity contribution is 7.14. The van der Waals surface area contributed by atoms with Crippen molar-refractivity contribution in [2.75, 3.05) is 19.6 Å². The molecule has 0 saturated carbocycles. The van der Waals surface area contributed by atoms with Gasteiger partial charge in [-0.1, -0.05) is 5.21 Å². The molecule has 0 radical (unpaired) electrons. The Labute approximate surface area is 218 Å². The Bertz CT molecular complexity index is 1460. The van der Waals surface area contributed by atoms with Crippen molar-refractivity contribution in [1.82, 2.24) is 20.0 Å². The summed E-state index contributed by atoms with van der Waals surface area (Å²) in [6.07, 6.45) is 3.58. The van der Waals surface area contributed by atoms with Crippen molar-refractivity contribution in [3.63, 3.8) is 0 Å². The number of thiazole rings is 1. The van der Waals surface area contributed by atoms with Gasteiger partial charge in [-0.05, 0) is 78.4 Å². The fourth-order valence-electron chi connectivity index (χ4n) is 3.41. The van der Waals surface area contributed by atoms with Crippen LogP contribution in [0.25, 0.3) is 16.9 Å². The zero-order chi connectivity index (χ0) is 25.5. The van der Waals surface area contributed by atoms with Gasteiger partial charge in [0, 0.05) is 10.9 Å². The molecule has 0 aliphatic carbocycles. The number of methoxy groups -OCH3 is 2.